The monoisotopic (exact) mass is 568 g/mol. The summed E-state index contributed by atoms with van der Waals surface area (Å²) < 4.78 is 42.9. The van der Waals surface area contributed by atoms with Crippen molar-refractivity contribution >= 4 is 41.0 Å². The number of benzene rings is 2. The van der Waals surface area contributed by atoms with Crippen molar-refractivity contribution in [1.29, 1.82) is 0 Å². The molecular formula is C26H24Cl2F2N2O6. The molecule has 8 nitrogen and oxygen atoms in total. The van der Waals surface area contributed by atoms with Crippen LogP contribution in [0, 0.1) is 11.6 Å². The highest BCUT2D eigenvalue weighted by Gasteiger charge is 2.53. The number of halogens is 4. The third kappa shape index (κ3) is 6.02. The van der Waals surface area contributed by atoms with Crippen LogP contribution in [0.5, 0.6) is 11.5 Å². The standard InChI is InChI=1S/C26H24Cl2F2N2O6/c1-36-24(35)17-12-25(31-22(33)13-37-15-2-4-18(27)20(29)10-15)6-8-26(17,9-7-25)32-23(34)14-38-16-3-5-19(28)21(30)11-16/h2-5,10-12H,6-9,13-14H2,1H3,(H,31,33)(H,32,34). The largest absolute Gasteiger partial charge is 0.484 e. The van der Waals surface area contributed by atoms with Crippen LogP contribution in [0.1, 0.15) is 25.7 Å². The van der Waals surface area contributed by atoms with E-state index < -0.39 is 47.1 Å². The lowest BCUT2D eigenvalue weighted by molar-refractivity contribution is -0.138. The zero-order valence-corrected chi connectivity index (χ0v) is 21.8. The Morgan fingerprint density at radius 1 is 0.842 bits per heavy atom. The van der Waals surface area contributed by atoms with Gasteiger partial charge in [-0.1, -0.05) is 23.2 Å². The van der Waals surface area contributed by atoms with Crippen molar-refractivity contribution in [2.45, 2.75) is 36.8 Å². The van der Waals surface area contributed by atoms with Gasteiger partial charge in [-0.2, -0.15) is 0 Å². The molecule has 2 aromatic rings. The number of fused-ring (bicyclic) bond motifs is 2. The Balaban J connectivity index is 1.42. The summed E-state index contributed by atoms with van der Waals surface area (Å²) >= 11 is 11.3. The van der Waals surface area contributed by atoms with Crippen molar-refractivity contribution < 1.29 is 37.4 Å². The smallest absolute Gasteiger partial charge is 0.335 e. The molecular weight excluding hydrogens is 545 g/mol. The van der Waals surface area contributed by atoms with E-state index in [1.54, 1.807) is 6.08 Å². The van der Waals surface area contributed by atoms with E-state index in [2.05, 4.69) is 10.6 Å². The van der Waals surface area contributed by atoms with E-state index in [0.717, 1.165) is 12.1 Å². The highest BCUT2D eigenvalue weighted by molar-refractivity contribution is 6.31. The number of nitrogens with one attached hydrogen (secondary N) is 2. The number of methoxy groups -OCH3 is 1. The molecule has 0 radical (unpaired) electrons. The van der Waals surface area contributed by atoms with Crippen LogP contribution in [-0.2, 0) is 19.1 Å². The third-order valence-corrected chi connectivity index (χ3v) is 7.24. The second kappa shape index (κ2) is 11.2. The van der Waals surface area contributed by atoms with Gasteiger partial charge in [0.15, 0.2) is 13.2 Å². The Bertz CT molecular complexity index is 1290. The van der Waals surface area contributed by atoms with Crippen LogP contribution in [0.3, 0.4) is 0 Å². The minimum atomic E-state index is -1.01. The summed E-state index contributed by atoms with van der Waals surface area (Å²) in [7, 11) is 1.23. The molecule has 2 bridgehead atoms. The molecule has 0 spiro atoms. The summed E-state index contributed by atoms with van der Waals surface area (Å²) in [5, 5.41) is 5.64. The quantitative estimate of drug-likeness (QED) is 0.441. The first-order chi connectivity index (χ1) is 18.0. The van der Waals surface area contributed by atoms with Crippen LogP contribution in [0.15, 0.2) is 48.0 Å². The molecule has 202 valence electrons. The number of carbonyl (C=O) groups is 3. The second-order valence-corrected chi connectivity index (χ2v) is 9.93. The van der Waals surface area contributed by atoms with Gasteiger partial charge in [-0.05, 0) is 56.0 Å². The fourth-order valence-electron chi connectivity index (χ4n) is 4.72. The van der Waals surface area contributed by atoms with Crippen LogP contribution in [0.25, 0.3) is 0 Å². The van der Waals surface area contributed by atoms with Gasteiger partial charge in [-0.15, -0.1) is 0 Å². The van der Waals surface area contributed by atoms with Gasteiger partial charge in [0.1, 0.15) is 23.1 Å². The van der Waals surface area contributed by atoms with Crippen molar-refractivity contribution in [1.82, 2.24) is 10.6 Å². The Kier molecular flexibility index (Phi) is 8.13. The van der Waals surface area contributed by atoms with Gasteiger partial charge in [0, 0.05) is 12.1 Å². The van der Waals surface area contributed by atoms with E-state index in [0.29, 0.717) is 25.7 Å². The van der Waals surface area contributed by atoms with Crippen LogP contribution >= 0.6 is 23.2 Å². The molecule has 5 rings (SSSR count). The maximum Gasteiger partial charge on any atom is 0.335 e. The van der Waals surface area contributed by atoms with E-state index in [9.17, 15) is 23.2 Å². The SMILES string of the molecule is COC(=O)C1=CC2(NC(=O)COc3ccc(Cl)c(F)c3)CCC1(NC(=O)COc1ccc(Cl)c(F)c1)CC2. The van der Waals surface area contributed by atoms with Crippen molar-refractivity contribution in [3.05, 3.63) is 69.7 Å². The number of ether oxygens (including phenoxy) is 3. The molecule has 2 N–H and O–H groups in total. The molecule has 1 fully saturated rings. The molecule has 12 heteroatoms. The summed E-state index contributed by atoms with van der Waals surface area (Å²) in [5.41, 5.74) is -1.65. The number of hydrogen-bond acceptors (Lipinski definition) is 6. The maximum atomic E-state index is 13.6. The molecule has 3 aliphatic carbocycles. The topological polar surface area (TPSA) is 103 Å². The van der Waals surface area contributed by atoms with Gasteiger partial charge in [-0.25, -0.2) is 13.6 Å². The van der Waals surface area contributed by atoms with Crippen molar-refractivity contribution in [3.8, 4) is 11.5 Å². The molecule has 0 atom stereocenters. The van der Waals surface area contributed by atoms with Gasteiger partial charge in [0.25, 0.3) is 11.8 Å². The molecule has 0 heterocycles. The molecule has 0 aromatic heterocycles. The lowest BCUT2D eigenvalue weighted by Crippen LogP contribution is -2.64. The fourth-order valence-corrected chi connectivity index (χ4v) is 4.95. The highest BCUT2D eigenvalue weighted by Crippen LogP contribution is 2.46. The van der Waals surface area contributed by atoms with E-state index in [1.165, 1.54) is 31.4 Å². The van der Waals surface area contributed by atoms with Crippen molar-refractivity contribution in [2.75, 3.05) is 20.3 Å². The molecule has 1 saturated carbocycles. The van der Waals surface area contributed by atoms with Gasteiger partial charge >= 0.3 is 5.97 Å². The Morgan fingerprint density at radius 3 is 1.82 bits per heavy atom. The maximum absolute atomic E-state index is 13.6. The van der Waals surface area contributed by atoms with Crippen molar-refractivity contribution in [3.63, 3.8) is 0 Å². The zero-order valence-electron chi connectivity index (χ0n) is 20.2. The highest BCUT2D eigenvalue weighted by atomic mass is 35.5. The van der Waals surface area contributed by atoms with Crippen LogP contribution < -0.4 is 20.1 Å². The van der Waals surface area contributed by atoms with Crippen molar-refractivity contribution in [2.24, 2.45) is 0 Å². The van der Waals surface area contributed by atoms with Gasteiger partial charge < -0.3 is 24.8 Å². The van der Waals surface area contributed by atoms with Crippen LogP contribution in [-0.4, -0.2) is 49.2 Å². The lowest BCUT2D eigenvalue weighted by Gasteiger charge is -2.51. The number of hydrogen-bond donors (Lipinski definition) is 2. The molecule has 2 aromatic carbocycles. The Hall–Kier alpha value is -3.37. The number of amides is 2. The van der Waals surface area contributed by atoms with E-state index in [1.807, 2.05) is 0 Å². The minimum Gasteiger partial charge on any atom is -0.484 e. The summed E-state index contributed by atoms with van der Waals surface area (Å²) in [6.07, 6.45) is 3.16. The lowest BCUT2D eigenvalue weighted by atomic mass is 9.62. The number of rotatable bonds is 9. The second-order valence-electron chi connectivity index (χ2n) is 9.11. The normalized spacial score (nSPS) is 21.8. The zero-order chi connectivity index (χ0) is 27.5. The number of carbonyl (C=O) groups excluding carboxylic acids is 3. The molecule has 0 aliphatic heterocycles. The Labute approximate surface area is 227 Å². The molecule has 3 aliphatic rings. The predicted molar refractivity (Wildman–Crippen MR) is 134 cm³/mol. The van der Waals surface area contributed by atoms with Crippen LogP contribution in [0.2, 0.25) is 10.0 Å². The fraction of sp³-hybridized carbons (Fsp3) is 0.346. The predicted octanol–water partition coefficient (Wildman–Crippen LogP) is 4.13. The van der Waals surface area contributed by atoms with Gasteiger partial charge in [0.2, 0.25) is 0 Å². The van der Waals surface area contributed by atoms with E-state index in [4.69, 9.17) is 37.4 Å². The van der Waals surface area contributed by atoms with Gasteiger partial charge in [-0.3, -0.25) is 9.59 Å². The summed E-state index contributed by atoms with van der Waals surface area (Å²) in [6, 6.07) is 7.66. The van der Waals surface area contributed by atoms with E-state index >= 15 is 0 Å². The Morgan fingerprint density at radius 2 is 1.34 bits per heavy atom. The van der Waals surface area contributed by atoms with E-state index in [-0.39, 0.29) is 33.7 Å². The first-order valence-electron chi connectivity index (χ1n) is 11.6. The van der Waals surface area contributed by atoms with Gasteiger partial charge in [0.05, 0.1) is 33.8 Å². The average molecular weight is 569 g/mol. The first kappa shape index (κ1) is 27.7. The minimum absolute atomic E-state index is 0.0633. The van der Waals surface area contributed by atoms with Crippen LogP contribution in [0.4, 0.5) is 8.78 Å². The third-order valence-electron chi connectivity index (χ3n) is 6.63. The first-order valence-corrected chi connectivity index (χ1v) is 12.4. The molecule has 38 heavy (non-hydrogen) atoms. The summed E-state index contributed by atoms with van der Waals surface area (Å²) in [5.74, 6) is -2.71. The summed E-state index contributed by atoms with van der Waals surface area (Å²) in [6.45, 7) is -0.795. The molecule has 2 amide bonds. The molecule has 0 unspecified atom stereocenters. The molecule has 0 saturated heterocycles. The average Bonchev–Trinajstić information content (AvgIpc) is 2.90. The summed E-state index contributed by atoms with van der Waals surface area (Å²) in [4.78, 5) is 38.1. The number of esters is 1.